The number of rotatable bonds is 6. The van der Waals surface area contributed by atoms with Crippen molar-refractivity contribution in [3.63, 3.8) is 0 Å². The lowest BCUT2D eigenvalue weighted by Crippen LogP contribution is -2.11. The summed E-state index contributed by atoms with van der Waals surface area (Å²) in [6.07, 6.45) is 0.178. The second-order valence-electron chi connectivity index (χ2n) is 3.40. The number of hydrogen-bond donors (Lipinski definition) is 0. The van der Waals surface area contributed by atoms with Gasteiger partial charge in [-0.15, -0.1) is 0 Å². The Morgan fingerprint density at radius 1 is 1.39 bits per heavy atom. The zero-order chi connectivity index (χ0) is 13.4. The molecule has 1 aromatic rings. The first-order chi connectivity index (χ1) is 8.71. The van der Waals surface area contributed by atoms with Crippen LogP contribution in [-0.2, 0) is 9.53 Å². The minimum Gasteiger partial charge on any atom is -0.493 e. The normalized spacial score (nSPS) is 9.61. The van der Waals surface area contributed by atoms with Gasteiger partial charge in [0.2, 0.25) is 0 Å². The van der Waals surface area contributed by atoms with Crippen LogP contribution in [0, 0.1) is 11.3 Å². The molecule has 18 heavy (non-hydrogen) atoms. The number of carbonyl (C=O) groups is 1. The predicted molar refractivity (Wildman–Crippen MR) is 64.5 cm³/mol. The first kappa shape index (κ1) is 14.0. The van der Waals surface area contributed by atoms with E-state index < -0.39 is 5.97 Å². The van der Waals surface area contributed by atoms with E-state index in [0.717, 1.165) is 0 Å². The molecule has 1 rings (SSSR count). The summed E-state index contributed by atoms with van der Waals surface area (Å²) in [5.74, 6) is 0.267. The number of benzene rings is 1. The smallest absolute Gasteiger partial charge is 0.313 e. The maximum absolute atomic E-state index is 11.5. The van der Waals surface area contributed by atoms with Crippen molar-refractivity contribution in [2.45, 2.75) is 13.3 Å². The van der Waals surface area contributed by atoms with Gasteiger partial charge in [-0.3, -0.25) is 4.79 Å². The van der Waals surface area contributed by atoms with Crippen LogP contribution in [0.1, 0.15) is 18.9 Å². The Morgan fingerprint density at radius 3 is 2.78 bits per heavy atom. The molecule has 96 valence electrons. The summed E-state index contributed by atoms with van der Waals surface area (Å²) in [7, 11) is 1.45. The molecule has 5 heteroatoms. The molecule has 0 aliphatic heterocycles. The van der Waals surface area contributed by atoms with Crippen molar-refractivity contribution in [3.8, 4) is 17.6 Å². The van der Waals surface area contributed by atoms with Crippen LogP contribution in [0.4, 0.5) is 0 Å². The molecule has 0 unspecified atom stereocenters. The van der Waals surface area contributed by atoms with Crippen LogP contribution in [0.25, 0.3) is 0 Å². The molecule has 0 aliphatic carbocycles. The fraction of sp³-hybridized carbons (Fsp3) is 0.385. The van der Waals surface area contributed by atoms with Gasteiger partial charge in [0.25, 0.3) is 0 Å². The number of hydrogen-bond acceptors (Lipinski definition) is 5. The molecule has 0 N–H and O–H groups in total. The number of methoxy groups -OCH3 is 1. The number of nitriles is 1. The quantitative estimate of drug-likeness (QED) is 0.437. The van der Waals surface area contributed by atoms with Crippen molar-refractivity contribution in [3.05, 3.63) is 23.8 Å². The number of ether oxygens (including phenoxy) is 3. The fourth-order valence-corrected chi connectivity index (χ4v) is 1.29. The van der Waals surface area contributed by atoms with E-state index in [-0.39, 0.29) is 6.42 Å². The molecule has 0 aliphatic rings. The third kappa shape index (κ3) is 4.07. The molecule has 1 aromatic carbocycles. The number of nitrogens with zero attached hydrogens (tertiary/aromatic N) is 1. The zero-order valence-electron chi connectivity index (χ0n) is 10.4. The Labute approximate surface area is 106 Å². The summed E-state index contributed by atoms with van der Waals surface area (Å²) < 4.78 is 15.2. The average Bonchev–Trinajstić information content (AvgIpc) is 2.39. The highest BCUT2D eigenvalue weighted by Crippen LogP contribution is 2.28. The lowest BCUT2D eigenvalue weighted by Gasteiger charge is -2.09. The van der Waals surface area contributed by atoms with E-state index in [1.807, 2.05) is 13.0 Å². The van der Waals surface area contributed by atoms with Gasteiger partial charge in [-0.1, -0.05) is 0 Å². The molecule has 0 saturated heterocycles. The van der Waals surface area contributed by atoms with E-state index in [1.165, 1.54) is 19.2 Å². The van der Waals surface area contributed by atoms with Gasteiger partial charge in [-0.2, -0.15) is 5.26 Å². The van der Waals surface area contributed by atoms with Crippen LogP contribution >= 0.6 is 0 Å². The van der Waals surface area contributed by atoms with Crippen molar-refractivity contribution in [1.82, 2.24) is 0 Å². The van der Waals surface area contributed by atoms with Crippen LogP contribution in [0.2, 0.25) is 0 Å². The molecule has 0 bridgehead atoms. The first-order valence-corrected chi connectivity index (χ1v) is 5.57. The second-order valence-corrected chi connectivity index (χ2v) is 3.40. The molecule has 0 atom stereocenters. The molecule has 0 spiro atoms. The summed E-state index contributed by atoms with van der Waals surface area (Å²) >= 11 is 0. The molecule has 0 saturated carbocycles. The highest BCUT2D eigenvalue weighted by atomic mass is 16.6. The van der Waals surface area contributed by atoms with Crippen molar-refractivity contribution >= 4 is 5.97 Å². The van der Waals surface area contributed by atoms with E-state index >= 15 is 0 Å². The highest BCUT2D eigenvalue weighted by molar-refractivity contribution is 5.73. The molecular weight excluding hydrogens is 234 g/mol. The lowest BCUT2D eigenvalue weighted by molar-refractivity contribution is -0.135. The van der Waals surface area contributed by atoms with E-state index in [9.17, 15) is 4.79 Å². The summed E-state index contributed by atoms with van der Waals surface area (Å²) in [5, 5.41) is 8.74. The van der Waals surface area contributed by atoms with E-state index in [4.69, 9.17) is 19.5 Å². The summed E-state index contributed by atoms with van der Waals surface area (Å²) in [4.78, 5) is 11.5. The van der Waals surface area contributed by atoms with E-state index in [0.29, 0.717) is 30.3 Å². The van der Waals surface area contributed by atoms with Gasteiger partial charge in [0.15, 0.2) is 11.5 Å². The molecule has 0 fully saturated rings. The maximum atomic E-state index is 11.5. The third-order valence-electron chi connectivity index (χ3n) is 2.17. The van der Waals surface area contributed by atoms with Gasteiger partial charge in [-0.05, 0) is 19.1 Å². The Balaban J connectivity index is 2.66. The molecule has 0 aromatic heterocycles. The van der Waals surface area contributed by atoms with Crippen molar-refractivity contribution < 1.29 is 19.0 Å². The molecule has 0 heterocycles. The monoisotopic (exact) mass is 249 g/mol. The first-order valence-electron chi connectivity index (χ1n) is 5.57. The zero-order valence-corrected chi connectivity index (χ0v) is 10.4. The molecule has 5 nitrogen and oxygen atoms in total. The topological polar surface area (TPSA) is 68.5 Å². The molecular formula is C13H15NO4. The number of carbonyl (C=O) groups excluding carboxylic acids is 1. The van der Waals surface area contributed by atoms with Gasteiger partial charge >= 0.3 is 5.97 Å². The minimum atomic E-state index is -0.397. The Kier molecular flexibility index (Phi) is 5.68. The van der Waals surface area contributed by atoms with Crippen LogP contribution in [0.15, 0.2) is 18.2 Å². The summed E-state index contributed by atoms with van der Waals surface area (Å²) in [6, 6.07) is 6.60. The van der Waals surface area contributed by atoms with Crippen molar-refractivity contribution in [2.24, 2.45) is 0 Å². The van der Waals surface area contributed by atoms with Gasteiger partial charge in [-0.25, -0.2) is 0 Å². The molecule has 0 radical (unpaired) electrons. The Bertz CT molecular complexity index is 451. The fourth-order valence-electron chi connectivity index (χ4n) is 1.29. The van der Waals surface area contributed by atoms with Crippen molar-refractivity contribution in [2.75, 3.05) is 20.3 Å². The average molecular weight is 249 g/mol. The van der Waals surface area contributed by atoms with Gasteiger partial charge < -0.3 is 14.2 Å². The minimum absolute atomic E-state index is 0.178. The third-order valence-corrected chi connectivity index (χ3v) is 2.17. The SMILES string of the molecule is CCOCCC(=O)Oc1ccc(C#N)cc1OC. The van der Waals surface area contributed by atoms with Gasteiger partial charge in [0.1, 0.15) is 0 Å². The van der Waals surface area contributed by atoms with Crippen LogP contribution in [0.3, 0.4) is 0 Å². The van der Waals surface area contributed by atoms with E-state index in [2.05, 4.69) is 0 Å². The Hall–Kier alpha value is -2.06. The van der Waals surface area contributed by atoms with Crippen molar-refractivity contribution in [1.29, 1.82) is 5.26 Å². The van der Waals surface area contributed by atoms with Gasteiger partial charge in [0, 0.05) is 12.7 Å². The summed E-state index contributed by atoms with van der Waals surface area (Å²) in [6.45, 7) is 2.75. The van der Waals surface area contributed by atoms with Crippen LogP contribution < -0.4 is 9.47 Å². The van der Waals surface area contributed by atoms with Crippen LogP contribution in [0.5, 0.6) is 11.5 Å². The largest absolute Gasteiger partial charge is 0.493 e. The Morgan fingerprint density at radius 2 is 2.17 bits per heavy atom. The highest BCUT2D eigenvalue weighted by Gasteiger charge is 2.10. The van der Waals surface area contributed by atoms with Gasteiger partial charge in [0.05, 0.1) is 31.8 Å². The maximum Gasteiger partial charge on any atom is 0.313 e. The molecule has 0 amide bonds. The van der Waals surface area contributed by atoms with E-state index in [1.54, 1.807) is 6.07 Å². The predicted octanol–water partition coefficient (Wildman–Crippen LogP) is 1.90. The standard InChI is InChI=1S/C13H15NO4/c1-3-17-7-6-13(15)18-11-5-4-10(9-14)8-12(11)16-2/h4-5,8H,3,6-7H2,1-2H3. The second kappa shape index (κ2) is 7.30. The lowest BCUT2D eigenvalue weighted by atomic mass is 10.2. The summed E-state index contributed by atoms with van der Waals surface area (Å²) in [5.41, 5.74) is 0.445. The number of esters is 1. The van der Waals surface area contributed by atoms with Crippen LogP contribution in [-0.4, -0.2) is 26.3 Å².